The maximum absolute atomic E-state index is 12.9. The second-order valence-corrected chi connectivity index (χ2v) is 9.68. The van der Waals surface area contributed by atoms with Gasteiger partial charge in [0.1, 0.15) is 12.6 Å². The van der Waals surface area contributed by atoms with E-state index in [0.717, 1.165) is 41.4 Å². The van der Waals surface area contributed by atoms with Gasteiger partial charge in [0.25, 0.3) is 0 Å². The molecule has 1 aliphatic carbocycles. The zero-order valence-corrected chi connectivity index (χ0v) is 19.7. The van der Waals surface area contributed by atoms with E-state index < -0.39 is 12.1 Å². The maximum Gasteiger partial charge on any atom is 0.410 e. The Hall–Kier alpha value is -3.39. The standard InChI is InChI=1S/C26H28N4O3S/c31-24(23-7-4-14-30(23)26(32)33-16-19-5-2-1-3-6-19)29-25-28-22(17-34-25)20-10-12-21(13-11-20)27-15-18-8-9-18/h1-3,5-6,10-13,17-18,23,27H,4,7-9,14-16H2,(H,28,29,31)/t23-/m1/s1. The van der Waals surface area contributed by atoms with Crippen molar-refractivity contribution in [3.05, 3.63) is 65.5 Å². The Kier molecular flexibility index (Phi) is 6.76. The molecule has 3 aromatic rings. The van der Waals surface area contributed by atoms with Gasteiger partial charge in [0, 0.05) is 29.7 Å². The summed E-state index contributed by atoms with van der Waals surface area (Å²) in [6.45, 7) is 1.73. The molecule has 1 saturated heterocycles. The molecule has 34 heavy (non-hydrogen) atoms. The van der Waals surface area contributed by atoms with E-state index in [-0.39, 0.29) is 12.5 Å². The third kappa shape index (κ3) is 5.56. The first-order valence-corrected chi connectivity index (χ1v) is 12.6. The summed E-state index contributed by atoms with van der Waals surface area (Å²) in [5.74, 6) is 0.598. The number of amides is 2. The number of thiazole rings is 1. The number of anilines is 2. The highest BCUT2D eigenvalue weighted by atomic mass is 32.1. The molecule has 1 aromatic heterocycles. The molecular formula is C26H28N4O3S. The molecule has 5 rings (SSSR count). The quantitative estimate of drug-likeness (QED) is 0.457. The van der Waals surface area contributed by atoms with Crippen molar-refractivity contribution in [3.63, 3.8) is 0 Å². The van der Waals surface area contributed by atoms with Gasteiger partial charge in [0.15, 0.2) is 5.13 Å². The summed E-state index contributed by atoms with van der Waals surface area (Å²) >= 11 is 1.38. The normalized spacial score (nSPS) is 17.4. The van der Waals surface area contributed by atoms with Crippen LogP contribution in [0.4, 0.5) is 15.6 Å². The first kappa shape index (κ1) is 22.4. The molecule has 2 aliphatic rings. The van der Waals surface area contributed by atoms with Gasteiger partial charge in [-0.1, -0.05) is 42.5 Å². The fraction of sp³-hybridized carbons (Fsp3) is 0.346. The average Bonchev–Trinajstić information content (AvgIpc) is 3.36. The first-order chi connectivity index (χ1) is 16.7. The predicted octanol–water partition coefficient (Wildman–Crippen LogP) is 5.37. The number of carbonyl (C=O) groups is 2. The summed E-state index contributed by atoms with van der Waals surface area (Å²) in [5, 5.41) is 8.81. The minimum atomic E-state index is -0.549. The van der Waals surface area contributed by atoms with Gasteiger partial charge in [-0.2, -0.15) is 0 Å². The van der Waals surface area contributed by atoms with Crippen LogP contribution >= 0.6 is 11.3 Å². The molecule has 8 heteroatoms. The molecule has 0 spiro atoms. The molecule has 7 nitrogen and oxygen atoms in total. The van der Waals surface area contributed by atoms with Crippen molar-refractivity contribution < 1.29 is 14.3 Å². The second kappa shape index (κ2) is 10.3. The molecule has 1 atom stereocenters. The number of nitrogens with zero attached hydrogens (tertiary/aromatic N) is 2. The largest absolute Gasteiger partial charge is 0.445 e. The highest BCUT2D eigenvalue weighted by Gasteiger charge is 2.35. The molecule has 1 aliphatic heterocycles. The molecule has 2 heterocycles. The van der Waals surface area contributed by atoms with Gasteiger partial charge in [0.2, 0.25) is 5.91 Å². The fourth-order valence-electron chi connectivity index (χ4n) is 4.06. The van der Waals surface area contributed by atoms with E-state index in [0.29, 0.717) is 18.1 Å². The number of nitrogens with one attached hydrogen (secondary N) is 2. The van der Waals surface area contributed by atoms with Crippen LogP contribution in [0.3, 0.4) is 0 Å². The van der Waals surface area contributed by atoms with E-state index in [1.807, 2.05) is 47.8 Å². The van der Waals surface area contributed by atoms with E-state index in [1.165, 1.54) is 29.1 Å². The van der Waals surface area contributed by atoms with E-state index in [2.05, 4.69) is 27.8 Å². The van der Waals surface area contributed by atoms with Gasteiger partial charge in [-0.05, 0) is 49.3 Å². The lowest BCUT2D eigenvalue weighted by atomic mass is 10.1. The van der Waals surface area contributed by atoms with Crippen LogP contribution < -0.4 is 10.6 Å². The first-order valence-electron chi connectivity index (χ1n) is 11.7. The molecule has 0 unspecified atom stereocenters. The van der Waals surface area contributed by atoms with Gasteiger partial charge in [-0.3, -0.25) is 9.69 Å². The number of rotatable bonds is 8. The summed E-state index contributed by atoms with van der Waals surface area (Å²) in [6.07, 6.45) is 3.57. The number of likely N-dealkylation sites (tertiary alicyclic amines) is 1. The van der Waals surface area contributed by atoms with Crippen LogP contribution in [0, 0.1) is 5.92 Å². The zero-order chi connectivity index (χ0) is 23.3. The molecular weight excluding hydrogens is 448 g/mol. The van der Waals surface area contributed by atoms with Crippen molar-refractivity contribution in [3.8, 4) is 11.3 Å². The smallest absolute Gasteiger partial charge is 0.410 e. The summed E-state index contributed by atoms with van der Waals surface area (Å²) < 4.78 is 5.44. The lowest BCUT2D eigenvalue weighted by Gasteiger charge is -2.22. The Morgan fingerprint density at radius 2 is 1.85 bits per heavy atom. The highest BCUT2D eigenvalue weighted by Crippen LogP contribution is 2.30. The Balaban J connectivity index is 1.16. The number of carbonyl (C=O) groups excluding carboxylic acids is 2. The van der Waals surface area contributed by atoms with E-state index in [4.69, 9.17) is 4.74 Å². The average molecular weight is 477 g/mol. The van der Waals surface area contributed by atoms with Gasteiger partial charge < -0.3 is 15.4 Å². The third-order valence-corrected chi connectivity index (χ3v) is 6.96. The van der Waals surface area contributed by atoms with Gasteiger partial charge in [-0.25, -0.2) is 9.78 Å². The lowest BCUT2D eigenvalue weighted by molar-refractivity contribution is -0.120. The molecule has 2 amide bonds. The number of hydrogen-bond donors (Lipinski definition) is 2. The Labute approximate surface area is 203 Å². The molecule has 2 fully saturated rings. The monoisotopic (exact) mass is 476 g/mol. The van der Waals surface area contributed by atoms with Crippen molar-refractivity contribution in [2.24, 2.45) is 5.92 Å². The lowest BCUT2D eigenvalue weighted by Crippen LogP contribution is -2.43. The Bertz CT molecular complexity index is 1130. The molecule has 176 valence electrons. The summed E-state index contributed by atoms with van der Waals surface area (Å²) in [5.41, 5.74) is 3.85. The van der Waals surface area contributed by atoms with Crippen molar-refractivity contribution in [1.82, 2.24) is 9.88 Å². The van der Waals surface area contributed by atoms with E-state index in [1.54, 1.807) is 0 Å². The zero-order valence-electron chi connectivity index (χ0n) is 18.9. The minimum Gasteiger partial charge on any atom is -0.445 e. The van der Waals surface area contributed by atoms with Crippen molar-refractivity contribution in [1.29, 1.82) is 0 Å². The van der Waals surface area contributed by atoms with Gasteiger partial charge in [-0.15, -0.1) is 11.3 Å². The molecule has 2 N–H and O–H groups in total. The number of benzene rings is 2. The van der Waals surface area contributed by atoms with E-state index in [9.17, 15) is 9.59 Å². The van der Waals surface area contributed by atoms with Crippen LogP contribution in [-0.2, 0) is 16.1 Å². The number of aromatic nitrogens is 1. The van der Waals surface area contributed by atoms with Crippen LogP contribution in [0.15, 0.2) is 60.0 Å². The Morgan fingerprint density at radius 3 is 2.62 bits per heavy atom. The fourth-order valence-corrected chi connectivity index (χ4v) is 4.78. The van der Waals surface area contributed by atoms with Gasteiger partial charge in [0.05, 0.1) is 5.69 Å². The van der Waals surface area contributed by atoms with Crippen LogP contribution in [0.1, 0.15) is 31.2 Å². The van der Waals surface area contributed by atoms with Crippen LogP contribution in [0.2, 0.25) is 0 Å². The number of ether oxygens (including phenoxy) is 1. The predicted molar refractivity (Wildman–Crippen MR) is 134 cm³/mol. The third-order valence-electron chi connectivity index (χ3n) is 6.20. The van der Waals surface area contributed by atoms with Crippen LogP contribution in [0.25, 0.3) is 11.3 Å². The summed E-state index contributed by atoms with van der Waals surface area (Å²) in [7, 11) is 0. The molecule has 0 bridgehead atoms. The molecule has 2 aromatic carbocycles. The summed E-state index contributed by atoms with van der Waals surface area (Å²) in [6, 6.07) is 17.2. The van der Waals surface area contributed by atoms with Gasteiger partial charge >= 0.3 is 6.09 Å². The van der Waals surface area contributed by atoms with E-state index >= 15 is 0 Å². The highest BCUT2D eigenvalue weighted by molar-refractivity contribution is 7.14. The van der Waals surface area contributed by atoms with Crippen LogP contribution in [-0.4, -0.2) is 41.0 Å². The van der Waals surface area contributed by atoms with Crippen molar-refractivity contribution in [2.45, 2.75) is 38.3 Å². The second-order valence-electron chi connectivity index (χ2n) is 8.82. The Morgan fingerprint density at radius 1 is 1.06 bits per heavy atom. The van der Waals surface area contributed by atoms with Crippen molar-refractivity contribution >= 4 is 34.2 Å². The van der Waals surface area contributed by atoms with Crippen molar-refractivity contribution in [2.75, 3.05) is 23.7 Å². The van der Waals surface area contributed by atoms with Crippen LogP contribution in [0.5, 0.6) is 0 Å². The minimum absolute atomic E-state index is 0.190. The summed E-state index contributed by atoms with van der Waals surface area (Å²) in [4.78, 5) is 31.6. The molecule has 1 saturated carbocycles. The SMILES string of the molecule is O=C(Nc1nc(-c2ccc(NCC3CC3)cc2)cs1)[C@H]1CCCN1C(=O)OCc1ccccc1. The topological polar surface area (TPSA) is 83.6 Å². The molecule has 0 radical (unpaired) electrons. The maximum atomic E-state index is 12.9. The number of hydrogen-bond acceptors (Lipinski definition) is 6.